The van der Waals surface area contributed by atoms with E-state index in [4.69, 9.17) is 4.74 Å². The highest BCUT2D eigenvalue weighted by Crippen LogP contribution is 2.21. The molecule has 2 N–H and O–H groups in total. The summed E-state index contributed by atoms with van der Waals surface area (Å²) in [5, 5.41) is 6.60. The Bertz CT molecular complexity index is 782. The molecule has 1 aliphatic heterocycles. The van der Waals surface area contributed by atoms with Crippen molar-refractivity contribution in [3.8, 4) is 0 Å². The lowest BCUT2D eigenvalue weighted by Gasteiger charge is -2.29. The van der Waals surface area contributed by atoms with Gasteiger partial charge in [-0.2, -0.15) is 0 Å². The first-order valence-corrected chi connectivity index (χ1v) is 9.78. The van der Waals surface area contributed by atoms with Gasteiger partial charge >= 0.3 is 0 Å². The third-order valence-electron chi connectivity index (χ3n) is 4.99. The van der Waals surface area contributed by atoms with E-state index < -0.39 is 0 Å². The predicted molar refractivity (Wildman–Crippen MR) is 128 cm³/mol. The molecule has 0 bridgehead atoms. The monoisotopic (exact) mass is 512 g/mol. The molecule has 0 radical (unpaired) electrons. The number of nitrogens with one attached hydrogen (secondary N) is 2. The lowest BCUT2D eigenvalue weighted by molar-refractivity contribution is 0.122. The average molecular weight is 512 g/mol. The average Bonchev–Trinajstić information content (AvgIpc) is 2.75. The van der Waals surface area contributed by atoms with Crippen LogP contribution in [-0.2, 0) is 11.3 Å². The summed E-state index contributed by atoms with van der Waals surface area (Å²) >= 11 is 0. The molecule has 2 aromatic rings. The molecule has 1 saturated heterocycles. The molecule has 1 aliphatic rings. The number of hydrogen-bond acceptors (Lipinski definition) is 3. The topological polar surface area (TPSA) is 48.9 Å². The van der Waals surface area contributed by atoms with Crippen molar-refractivity contribution in [2.75, 3.05) is 44.8 Å². The number of halogens is 2. The van der Waals surface area contributed by atoms with Crippen molar-refractivity contribution < 1.29 is 9.13 Å². The van der Waals surface area contributed by atoms with Gasteiger partial charge in [0.1, 0.15) is 5.82 Å². The second kappa shape index (κ2) is 12.0. The largest absolute Gasteiger partial charge is 0.378 e. The number of morpholine rings is 1. The van der Waals surface area contributed by atoms with Gasteiger partial charge in [-0.05, 0) is 29.2 Å². The zero-order valence-electron chi connectivity index (χ0n) is 17.0. The molecule has 0 amide bonds. The molecule has 1 atom stereocenters. The Morgan fingerprint density at radius 1 is 1.14 bits per heavy atom. The van der Waals surface area contributed by atoms with E-state index in [-0.39, 0.29) is 29.8 Å². The Hall–Kier alpha value is -1.87. The molecule has 1 unspecified atom stereocenters. The van der Waals surface area contributed by atoms with Crippen molar-refractivity contribution in [3.05, 3.63) is 65.5 Å². The number of guanidine groups is 1. The Balaban J connectivity index is 0.00000300. The van der Waals surface area contributed by atoms with E-state index in [2.05, 4.69) is 34.7 Å². The van der Waals surface area contributed by atoms with Gasteiger partial charge in [0.25, 0.3) is 0 Å². The standard InChI is InChI=1S/C22H29FN4O.HI/c1-17(19-6-4-3-5-7-19)15-25-22(24-2)26-16-18-8-9-21(20(23)14-18)27-10-12-28-13-11-27;/h3-9,14,17H,10-13,15-16H2,1-2H3,(H2,24,25,26);1H. The van der Waals surface area contributed by atoms with Gasteiger partial charge in [0.05, 0.1) is 18.9 Å². The summed E-state index contributed by atoms with van der Waals surface area (Å²) in [4.78, 5) is 6.29. The number of nitrogens with zero attached hydrogens (tertiary/aromatic N) is 2. The fourth-order valence-electron chi connectivity index (χ4n) is 3.28. The highest BCUT2D eigenvalue weighted by molar-refractivity contribution is 14.0. The Kier molecular flexibility index (Phi) is 9.66. The number of rotatable bonds is 6. The summed E-state index contributed by atoms with van der Waals surface area (Å²) in [5.74, 6) is 0.882. The zero-order chi connectivity index (χ0) is 19.8. The van der Waals surface area contributed by atoms with E-state index in [1.54, 1.807) is 13.1 Å². The van der Waals surface area contributed by atoms with Gasteiger partial charge in [-0.1, -0.05) is 43.3 Å². The number of ether oxygens (including phenoxy) is 1. The molecule has 0 saturated carbocycles. The maximum atomic E-state index is 14.5. The first-order valence-electron chi connectivity index (χ1n) is 9.78. The van der Waals surface area contributed by atoms with Crippen molar-refractivity contribution in [2.45, 2.75) is 19.4 Å². The van der Waals surface area contributed by atoms with E-state index in [9.17, 15) is 4.39 Å². The summed E-state index contributed by atoms with van der Waals surface area (Å²) in [6.45, 7) is 6.21. The normalized spacial score (nSPS) is 15.4. The minimum absolute atomic E-state index is 0. The van der Waals surface area contributed by atoms with Crippen molar-refractivity contribution in [3.63, 3.8) is 0 Å². The molecule has 158 valence electrons. The zero-order valence-corrected chi connectivity index (χ0v) is 19.4. The first-order chi connectivity index (χ1) is 13.7. The molecule has 0 aliphatic carbocycles. The fraction of sp³-hybridized carbons (Fsp3) is 0.409. The van der Waals surface area contributed by atoms with Crippen LogP contribution in [0.4, 0.5) is 10.1 Å². The number of anilines is 1. The van der Waals surface area contributed by atoms with Crippen LogP contribution in [0.25, 0.3) is 0 Å². The van der Waals surface area contributed by atoms with Crippen LogP contribution in [0.2, 0.25) is 0 Å². The molecule has 29 heavy (non-hydrogen) atoms. The molecule has 7 heteroatoms. The third-order valence-corrected chi connectivity index (χ3v) is 4.99. The number of hydrogen-bond donors (Lipinski definition) is 2. The summed E-state index contributed by atoms with van der Waals surface area (Å²) < 4.78 is 19.9. The fourth-order valence-corrected chi connectivity index (χ4v) is 3.28. The summed E-state index contributed by atoms with van der Waals surface area (Å²) in [7, 11) is 1.74. The summed E-state index contributed by atoms with van der Waals surface area (Å²) in [6, 6.07) is 15.8. The summed E-state index contributed by atoms with van der Waals surface area (Å²) in [6.07, 6.45) is 0. The SMILES string of the molecule is CN=C(NCc1ccc(N2CCOCC2)c(F)c1)NCC(C)c1ccccc1.I. The highest BCUT2D eigenvalue weighted by atomic mass is 127. The van der Waals surface area contributed by atoms with Crippen molar-refractivity contribution >= 4 is 35.6 Å². The first kappa shape index (κ1) is 23.4. The van der Waals surface area contributed by atoms with E-state index >= 15 is 0 Å². The molecular weight excluding hydrogens is 482 g/mol. The second-order valence-corrected chi connectivity index (χ2v) is 7.00. The van der Waals surface area contributed by atoms with Gasteiger partial charge < -0.3 is 20.3 Å². The van der Waals surface area contributed by atoms with E-state index in [1.807, 2.05) is 35.2 Å². The van der Waals surface area contributed by atoms with Gasteiger partial charge in [-0.3, -0.25) is 4.99 Å². The minimum atomic E-state index is -0.193. The van der Waals surface area contributed by atoms with Gasteiger partial charge in [-0.15, -0.1) is 24.0 Å². The number of aliphatic imine (C=N–C) groups is 1. The lowest BCUT2D eigenvalue weighted by atomic mass is 10.0. The Labute approximate surface area is 189 Å². The number of benzene rings is 2. The van der Waals surface area contributed by atoms with Crippen LogP contribution in [0.15, 0.2) is 53.5 Å². The molecular formula is C22H30FIN4O. The van der Waals surface area contributed by atoms with Gasteiger partial charge in [0, 0.05) is 33.2 Å². The molecule has 5 nitrogen and oxygen atoms in total. The lowest BCUT2D eigenvalue weighted by Crippen LogP contribution is -2.38. The predicted octanol–water partition coefficient (Wildman–Crippen LogP) is 3.75. The van der Waals surface area contributed by atoms with Crippen LogP contribution in [0, 0.1) is 5.82 Å². The van der Waals surface area contributed by atoms with Crippen LogP contribution in [0.5, 0.6) is 0 Å². The molecule has 3 rings (SSSR count). The van der Waals surface area contributed by atoms with Crippen molar-refractivity contribution in [2.24, 2.45) is 4.99 Å². The van der Waals surface area contributed by atoms with E-state index in [0.29, 0.717) is 37.3 Å². The molecule has 0 spiro atoms. The Morgan fingerprint density at radius 3 is 2.52 bits per heavy atom. The van der Waals surface area contributed by atoms with Gasteiger partial charge in [-0.25, -0.2) is 4.39 Å². The van der Waals surface area contributed by atoms with Crippen LogP contribution in [0.1, 0.15) is 24.0 Å². The molecule has 1 heterocycles. The summed E-state index contributed by atoms with van der Waals surface area (Å²) in [5.41, 5.74) is 2.81. The van der Waals surface area contributed by atoms with Crippen LogP contribution in [-0.4, -0.2) is 45.9 Å². The second-order valence-electron chi connectivity index (χ2n) is 7.00. The van der Waals surface area contributed by atoms with E-state index in [1.165, 1.54) is 5.56 Å². The minimum Gasteiger partial charge on any atom is -0.378 e. The van der Waals surface area contributed by atoms with Crippen molar-refractivity contribution in [1.82, 2.24) is 10.6 Å². The third kappa shape index (κ3) is 6.85. The Morgan fingerprint density at radius 2 is 1.86 bits per heavy atom. The van der Waals surface area contributed by atoms with Crippen LogP contribution in [0.3, 0.4) is 0 Å². The van der Waals surface area contributed by atoms with Crippen molar-refractivity contribution in [1.29, 1.82) is 0 Å². The smallest absolute Gasteiger partial charge is 0.191 e. The van der Waals surface area contributed by atoms with Gasteiger partial charge in [0.15, 0.2) is 5.96 Å². The maximum absolute atomic E-state index is 14.5. The van der Waals surface area contributed by atoms with E-state index in [0.717, 1.165) is 25.2 Å². The quantitative estimate of drug-likeness (QED) is 0.352. The van der Waals surface area contributed by atoms with Crippen LogP contribution >= 0.6 is 24.0 Å². The maximum Gasteiger partial charge on any atom is 0.191 e. The molecule has 2 aromatic carbocycles. The highest BCUT2D eigenvalue weighted by Gasteiger charge is 2.15. The van der Waals surface area contributed by atoms with Crippen LogP contribution < -0.4 is 15.5 Å². The molecule has 0 aromatic heterocycles. The van der Waals surface area contributed by atoms with Gasteiger partial charge in [0.2, 0.25) is 0 Å². The molecule has 1 fully saturated rings.